The highest BCUT2D eigenvalue weighted by Gasteiger charge is 2.31. The van der Waals surface area contributed by atoms with Gasteiger partial charge in [-0.05, 0) is 24.3 Å². The second kappa shape index (κ2) is 4.78. The van der Waals surface area contributed by atoms with E-state index in [9.17, 15) is 13.2 Å². The molecule has 2 aromatic rings. The van der Waals surface area contributed by atoms with Crippen LogP contribution >= 0.6 is 0 Å². The van der Waals surface area contributed by atoms with Crippen molar-refractivity contribution in [2.45, 2.75) is 9.79 Å². The number of hydrogen-bond acceptors (Lipinski definition) is 5. The Morgan fingerprint density at radius 2 is 1.81 bits per heavy atom. The number of para-hydroxylation sites is 1. The van der Waals surface area contributed by atoms with E-state index < -0.39 is 15.9 Å². The van der Waals surface area contributed by atoms with E-state index in [-0.39, 0.29) is 27.0 Å². The molecule has 0 bridgehead atoms. The van der Waals surface area contributed by atoms with Gasteiger partial charge in [0.2, 0.25) is 9.84 Å². The SMILES string of the molecule is CNC(=O)Oc1ccc2c(c1)S(=O)(=O)c1ccccc1O2. The summed E-state index contributed by atoms with van der Waals surface area (Å²) in [5.74, 6) is 0.614. The first-order valence-electron chi connectivity index (χ1n) is 6.08. The second-order valence-electron chi connectivity index (χ2n) is 4.30. The standard InChI is InChI=1S/C14H11NO5S/c1-15-14(16)19-9-6-7-11-13(8-9)21(17,18)12-5-3-2-4-10(12)20-11/h2-8H,1H3,(H,15,16). The highest BCUT2D eigenvalue weighted by molar-refractivity contribution is 7.91. The van der Waals surface area contributed by atoms with Crippen LogP contribution in [0.1, 0.15) is 0 Å². The summed E-state index contributed by atoms with van der Waals surface area (Å²) >= 11 is 0. The van der Waals surface area contributed by atoms with Crippen molar-refractivity contribution in [3.05, 3.63) is 42.5 Å². The second-order valence-corrected chi connectivity index (χ2v) is 6.19. The van der Waals surface area contributed by atoms with Crippen LogP contribution in [0.25, 0.3) is 0 Å². The minimum absolute atomic E-state index is 0.0254. The molecule has 6 nitrogen and oxygen atoms in total. The first kappa shape index (κ1) is 13.4. The average Bonchev–Trinajstić information content (AvgIpc) is 2.48. The van der Waals surface area contributed by atoms with Gasteiger partial charge in [0.15, 0.2) is 0 Å². The van der Waals surface area contributed by atoms with Crippen LogP contribution in [-0.4, -0.2) is 21.6 Å². The number of carbonyl (C=O) groups excluding carboxylic acids is 1. The lowest BCUT2D eigenvalue weighted by Gasteiger charge is -2.20. The fourth-order valence-electron chi connectivity index (χ4n) is 2.00. The van der Waals surface area contributed by atoms with Crippen molar-refractivity contribution in [3.8, 4) is 17.2 Å². The third-order valence-electron chi connectivity index (χ3n) is 2.98. The van der Waals surface area contributed by atoms with Gasteiger partial charge in [-0.3, -0.25) is 0 Å². The summed E-state index contributed by atoms with van der Waals surface area (Å²) in [6.45, 7) is 0. The molecular formula is C14H11NO5S. The zero-order valence-corrected chi connectivity index (χ0v) is 11.8. The van der Waals surface area contributed by atoms with E-state index in [1.165, 1.54) is 31.3 Å². The van der Waals surface area contributed by atoms with E-state index >= 15 is 0 Å². The van der Waals surface area contributed by atoms with Crippen LogP contribution < -0.4 is 14.8 Å². The molecule has 0 spiro atoms. The predicted octanol–water partition coefficient (Wildman–Crippen LogP) is 2.34. The molecule has 108 valence electrons. The van der Waals surface area contributed by atoms with Gasteiger partial charge in [0.25, 0.3) is 0 Å². The smallest absolute Gasteiger partial charge is 0.412 e. The molecule has 0 radical (unpaired) electrons. The number of sulfone groups is 1. The molecule has 0 aliphatic carbocycles. The van der Waals surface area contributed by atoms with Crippen molar-refractivity contribution in [1.82, 2.24) is 5.32 Å². The Morgan fingerprint density at radius 1 is 1.10 bits per heavy atom. The zero-order chi connectivity index (χ0) is 15.0. The molecule has 0 aromatic heterocycles. The third kappa shape index (κ3) is 2.21. The maximum absolute atomic E-state index is 12.6. The maximum Gasteiger partial charge on any atom is 0.412 e. The van der Waals surface area contributed by atoms with Crippen LogP contribution in [0, 0.1) is 0 Å². The van der Waals surface area contributed by atoms with E-state index in [1.807, 2.05) is 0 Å². The monoisotopic (exact) mass is 305 g/mol. The summed E-state index contributed by atoms with van der Waals surface area (Å²) in [6.07, 6.45) is -0.676. The van der Waals surface area contributed by atoms with Gasteiger partial charge in [-0.2, -0.15) is 0 Å². The van der Waals surface area contributed by atoms with Crippen molar-refractivity contribution in [2.75, 3.05) is 7.05 Å². The number of carbonyl (C=O) groups is 1. The van der Waals surface area contributed by atoms with E-state index in [0.29, 0.717) is 0 Å². The first-order valence-corrected chi connectivity index (χ1v) is 7.56. The molecule has 0 fully saturated rings. The molecule has 0 atom stereocenters. The van der Waals surface area contributed by atoms with Crippen molar-refractivity contribution in [3.63, 3.8) is 0 Å². The van der Waals surface area contributed by atoms with Gasteiger partial charge in [0.05, 0.1) is 0 Å². The topological polar surface area (TPSA) is 81.7 Å². The molecule has 1 aliphatic rings. The van der Waals surface area contributed by atoms with Gasteiger partial charge in [-0.25, -0.2) is 13.2 Å². The Balaban J connectivity index is 2.10. The Kier molecular flexibility index (Phi) is 3.06. The molecular weight excluding hydrogens is 294 g/mol. The van der Waals surface area contributed by atoms with Gasteiger partial charge in [0.1, 0.15) is 27.0 Å². The molecule has 3 rings (SSSR count). The summed E-state index contributed by atoms with van der Waals surface area (Å²) < 4.78 is 35.6. The number of benzene rings is 2. The molecule has 1 aliphatic heterocycles. The number of hydrogen-bond donors (Lipinski definition) is 1. The van der Waals surface area contributed by atoms with Crippen LogP contribution in [0.5, 0.6) is 17.2 Å². The average molecular weight is 305 g/mol. The molecule has 2 aromatic carbocycles. The zero-order valence-electron chi connectivity index (χ0n) is 11.0. The molecule has 7 heteroatoms. The Morgan fingerprint density at radius 3 is 2.57 bits per heavy atom. The number of rotatable bonds is 1. The number of ether oxygens (including phenoxy) is 2. The fourth-order valence-corrected chi connectivity index (χ4v) is 3.51. The highest BCUT2D eigenvalue weighted by Crippen LogP contribution is 2.43. The summed E-state index contributed by atoms with van der Waals surface area (Å²) in [5.41, 5.74) is 0. The molecule has 1 N–H and O–H groups in total. The molecule has 0 unspecified atom stereocenters. The van der Waals surface area contributed by atoms with Gasteiger partial charge in [0, 0.05) is 13.1 Å². The lowest BCUT2D eigenvalue weighted by atomic mass is 10.3. The van der Waals surface area contributed by atoms with E-state index in [4.69, 9.17) is 9.47 Å². The van der Waals surface area contributed by atoms with Crippen LogP contribution in [0.2, 0.25) is 0 Å². The quantitative estimate of drug-likeness (QED) is 0.746. The Hall–Kier alpha value is -2.54. The van der Waals surface area contributed by atoms with Gasteiger partial charge >= 0.3 is 6.09 Å². The Labute approximate surface area is 121 Å². The van der Waals surface area contributed by atoms with Gasteiger partial charge in [-0.1, -0.05) is 12.1 Å². The minimum atomic E-state index is -3.70. The lowest BCUT2D eigenvalue weighted by Crippen LogP contribution is -2.22. The third-order valence-corrected chi connectivity index (χ3v) is 4.79. The van der Waals surface area contributed by atoms with Crippen molar-refractivity contribution < 1.29 is 22.7 Å². The largest absolute Gasteiger partial charge is 0.455 e. The van der Waals surface area contributed by atoms with E-state index in [1.54, 1.807) is 18.2 Å². The molecule has 0 saturated carbocycles. The molecule has 0 saturated heterocycles. The molecule has 1 amide bonds. The van der Waals surface area contributed by atoms with Crippen LogP contribution in [0.3, 0.4) is 0 Å². The summed E-state index contributed by atoms with van der Waals surface area (Å²) in [4.78, 5) is 11.3. The van der Waals surface area contributed by atoms with E-state index in [2.05, 4.69) is 5.32 Å². The lowest BCUT2D eigenvalue weighted by molar-refractivity contribution is 0.202. The normalized spacial score (nSPS) is 14.3. The minimum Gasteiger partial charge on any atom is -0.455 e. The summed E-state index contributed by atoms with van der Waals surface area (Å²) in [7, 11) is -2.29. The number of nitrogens with one attached hydrogen (secondary N) is 1. The van der Waals surface area contributed by atoms with Crippen LogP contribution in [-0.2, 0) is 9.84 Å². The summed E-state index contributed by atoms with van der Waals surface area (Å²) in [6, 6.07) is 10.6. The van der Waals surface area contributed by atoms with E-state index in [0.717, 1.165) is 0 Å². The molecule has 1 heterocycles. The number of fused-ring (bicyclic) bond motifs is 2. The van der Waals surface area contributed by atoms with Crippen molar-refractivity contribution >= 4 is 15.9 Å². The fraction of sp³-hybridized carbons (Fsp3) is 0.0714. The summed E-state index contributed by atoms with van der Waals surface area (Å²) in [5, 5.41) is 2.29. The van der Waals surface area contributed by atoms with Crippen LogP contribution in [0.15, 0.2) is 52.3 Å². The maximum atomic E-state index is 12.6. The Bertz CT molecular complexity index is 829. The van der Waals surface area contributed by atoms with Gasteiger partial charge in [-0.15, -0.1) is 0 Å². The van der Waals surface area contributed by atoms with Crippen LogP contribution in [0.4, 0.5) is 4.79 Å². The molecule has 21 heavy (non-hydrogen) atoms. The van der Waals surface area contributed by atoms with Gasteiger partial charge < -0.3 is 14.8 Å². The van der Waals surface area contributed by atoms with Crippen molar-refractivity contribution in [2.24, 2.45) is 0 Å². The number of amides is 1. The predicted molar refractivity (Wildman–Crippen MR) is 73.5 cm³/mol. The first-order chi connectivity index (χ1) is 10.0. The highest BCUT2D eigenvalue weighted by atomic mass is 32.2. The van der Waals surface area contributed by atoms with Crippen molar-refractivity contribution in [1.29, 1.82) is 0 Å².